The van der Waals surface area contributed by atoms with E-state index in [4.69, 9.17) is 0 Å². The van der Waals surface area contributed by atoms with Gasteiger partial charge < -0.3 is 15.2 Å². The Hall–Kier alpha value is -3.00. The van der Waals surface area contributed by atoms with Gasteiger partial charge in [0.25, 0.3) is 5.91 Å². The second kappa shape index (κ2) is 9.21. The number of fused-ring (bicyclic) bond motifs is 1. The molecular formula is C22H22BrN5O2. The van der Waals surface area contributed by atoms with Gasteiger partial charge in [0.15, 0.2) is 5.82 Å². The van der Waals surface area contributed by atoms with Crippen LogP contribution in [-0.4, -0.2) is 33.1 Å². The lowest BCUT2D eigenvalue weighted by atomic mass is 10.2. The van der Waals surface area contributed by atoms with Crippen LogP contribution >= 0.6 is 15.9 Å². The highest BCUT2D eigenvalue weighted by atomic mass is 79.9. The van der Waals surface area contributed by atoms with Crippen LogP contribution in [0.15, 0.2) is 53.0 Å². The molecule has 0 bridgehead atoms. The number of nitrogens with zero attached hydrogens (tertiary/aromatic N) is 3. The minimum absolute atomic E-state index is 0.115. The number of anilines is 1. The van der Waals surface area contributed by atoms with Crippen molar-refractivity contribution in [2.45, 2.75) is 32.2 Å². The normalized spacial score (nSPS) is 13.2. The zero-order valence-corrected chi connectivity index (χ0v) is 18.0. The maximum Gasteiger partial charge on any atom is 0.251 e. The van der Waals surface area contributed by atoms with Crippen molar-refractivity contribution in [3.63, 3.8) is 0 Å². The van der Waals surface area contributed by atoms with Crippen molar-refractivity contribution in [2.24, 2.45) is 0 Å². The molecule has 0 unspecified atom stereocenters. The number of carbonyl (C=O) groups excluding carboxylic acids is 2. The Labute approximate surface area is 183 Å². The third-order valence-electron chi connectivity index (χ3n) is 5.01. The highest BCUT2D eigenvalue weighted by Gasteiger charge is 2.16. The van der Waals surface area contributed by atoms with Crippen LogP contribution in [0.5, 0.6) is 0 Å². The summed E-state index contributed by atoms with van der Waals surface area (Å²) in [4.78, 5) is 24.5. The van der Waals surface area contributed by atoms with Crippen LogP contribution in [0.4, 0.5) is 5.69 Å². The molecule has 30 heavy (non-hydrogen) atoms. The van der Waals surface area contributed by atoms with Gasteiger partial charge in [0.2, 0.25) is 5.91 Å². The molecule has 0 fully saturated rings. The quantitative estimate of drug-likeness (QED) is 0.596. The highest BCUT2D eigenvalue weighted by molar-refractivity contribution is 9.10. The zero-order valence-electron chi connectivity index (χ0n) is 16.4. The van der Waals surface area contributed by atoms with E-state index in [0.717, 1.165) is 47.5 Å². The first-order valence-electron chi connectivity index (χ1n) is 9.96. The average Bonchev–Trinajstić information content (AvgIpc) is 3.00. The molecule has 3 aromatic rings. The zero-order chi connectivity index (χ0) is 20.9. The lowest BCUT2D eigenvalue weighted by Crippen LogP contribution is -2.32. The van der Waals surface area contributed by atoms with Crippen molar-refractivity contribution in [1.82, 2.24) is 20.1 Å². The number of hydrogen-bond acceptors (Lipinski definition) is 4. The summed E-state index contributed by atoms with van der Waals surface area (Å²) in [5.41, 5.74) is 2.05. The van der Waals surface area contributed by atoms with Crippen LogP contribution in [0.3, 0.4) is 0 Å². The first kappa shape index (κ1) is 20.3. The Balaban J connectivity index is 1.40. The molecule has 8 heteroatoms. The Morgan fingerprint density at radius 1 is 1.03 bits per heavy atom. The van der Waals surface area contributed by atoms with Crippen molar-refractivity contribution in [3.8, 4) is 11.4 Å². The molecule has 2 amide bonds. The second-order valence-corrected chi connectivity index (χ2v) is 8.14. The van der Waals surface area contributed by atoms with Crippen LogP contribution in [0.25, 0.3) is 11.4 Å². The minimum atomic E-state index is -0.300. The largest absolute Gasteiger partial charge is 0.343 e. The summed E-state index contributed by atoms with van der Waals surface area (Å²) in [5, 5.41) is 14.2. The first-order valence-corrected chi connectivity index (χ1v) is 10.8. The van der Waals surface area contributed by atoms with Crippen molar-refractivity contribution in [2.75, 3.05) is 11.9 Å². The number of nitrogens with one attached hydrogen (secondary N) is 2. The smallest absolute Gasteiger partial charge is 0.251 e. The van der Waals surface area contributed by atoms with Crippen molar-refractivity contribution >= 4 is 33.4 Å². The number of aromatic nitrogens is 3. The summed E-state index contributed by atoms with van der Waals surface area (Å²) in [5.74, 6) is 1.25. The molecule has 2 aromatic carbocycles. The monoisotopic (exact) mass is 467 g/mol. The van der Waals surface area contributed by atoms with Gasteiger partial charge in [0.05, 0.1) is 6.54 Å². The Bertz CT molecular complexity index is 1080. The number of rotatable bonds is 5. The van der Waals surface area contributed by atoms with E-state index in [-0.39, 0.29) is 18.4 Å². The van der Waals surface area contributed by atoms with Crippen LogP contribution in [0.1, 0.15) is 35.4 Å². The van der Waals surface area contributed by atoms with Gasteiger partial charge in [-0.25, -0.2) is 0 Å². The van der Waals surface area contributed by atoms with Crippen LogP contribution < -0.4 is 10.6 Å². The molecule has 0 radical (unpaired) electrons. The molecule has 0 atom stereocenters. The van der Waals surface area contributed by atoms with E-state index in [1.807, 2.05) is 30.3 Å². The molecule has 1 aliphatic rings. The van der Waals surface area contributed by atoms with Crippen molar-refractivity contribution in [3.05, 3.63) is 64.4 Å². The van der Waals surface area contributed by atoms with Gasteiger partial charge in [-0.2, -0.15) is 0 Å². The molecule has 2 heterocycles. The summed E-state index contributed by atoms with van der Waals surface area (Å²) < 4.78 is 2.98. The molecule has 1 aliphatic heterocycles. The predicted molar refractivity (Wildman–Crippen MR) is 118 cm³/mol. The first-order chi connectivity index (χ1) is 14.6. The third-order valence-corrected chi connectivity index (χ3v) is 5.50. The van der Waals surface area contributed by atoms with E-state index < -0.39 is 0 Å². The fraction of sp³-hybridized carbons (Fsp3) is 0.273. The van der Waals surface area contributed by atoms with E-state index in [1.54, 1.807) is 18.2 Å². The number of hydrogen-bond donors (Lipinski definition) is 2. The third kappa shape index (κ3) is 4.76. The van der Waals surface area contributed by atoms with Gasteiger partial charge in [-0.05, 0) is 43.2 Å². The van der Waals surface area contributed by atoms with Crippen molar-refractivity contribution < 1.29 is 9.59 Å². The van der Waals surface area contributed by atoms with Crippen LogP contribution in [-0.2, 0) is 17.8 Å². The van der Waals surface area contributed by atoms with E-state index in [9.17, 15) is 9.59 Å². The SMILES string of the molecule is O=C(CNC(=O)c1cccc(Br)c1)Nc1cccc(-c2nnc3n2CCCCC3)c1. The summed E-state index contributed by atoms with van der Waals surface area (Å²) in [7, 11) is 0. The van der Waals surface area contributed by atoms with E-state index >= 15 is 0 Å². The highest BCUT2D eigenvalue weighted by Crippen LogP contribution is 2.24. The number of aryl methyl sites for hydroxylation is 1. The molecule has 7 nitrogen and oxygen atoms in total. The Kier molecular flexibility index (Phi) is 6.23. The Morgan fingerprint density at radius 2 is 1.90 bits per heavy atom. The number of benzene rings is 2. The molecule has 0 spiro atoms. The Morgan fingerprint density at radius 3 is 2.77 bits per heavy atom. The summed E-state index contributed by atoms with van der Waals surface area (Å²) in [6.07, 6.45) is 4.40. The number of carbonyl (C=O) groups is 2. The molecule has 4 rings (SSSR count). The molecule has 1 aromatic heterocycles. The maximum absolute atomic E-state index is 12.3. The molecule has 2 N–H and O–H groups in total. The van der Waals surface area contributed by atoms with Gasteiger partial charge in [0, 0.05) is 34.3 Å². The van der Waals surface area contributed by atoms with Crippen molar-refractivity contribution in [1.29, 1.82) is 0 Å². The molecule has 0 aliphatic carbocycles. The number of amides is 2. The fourth-order valence-corrected chi connectivity index (χ4v) is 3.93. The standard InChI is InChI=1S/C22H22BrN5O2/c23-17-8-4-7-16(12-17)22(30)24-14-20(29)25-18-9-5-6-15(13-18)21-27-26-19-10-2-1-3-11-28(19)21/h4-9,12-13H,1-3,10-11,14H2,(H,24,30)(H,25,29). The van der Waals surface area contributed by atoms with Gasteiger partial charge in [0.1, 0.15) is 5.82 Å². The van der Waals surface area contributed by atoms with Crippen LogP contribution in [0, 0.1) is 0 Å². The second-order valence-electron chi connectivity index (χ2n) is 7.22. The van der Waals surface area contributed by atoms with E-state index in [1.165, 1.54) is 6.42 Å². The summed E-state index contributed by atoms with van der Waals surface area (Å²) in [6.45, 7) is 0.797. The van der Waals surface area contributed by atoms with Gasteiger partial charge in [-0.3, -0.25) is 9.59 Å². The van der Waals surface area contributed by atoms with Crippen LogP contribution in [0.2, 0.25) is 0 Å². The lowest BCUT2D eigenvalue weighted by Gasteiger charge is -2.10. The van der Waals surface area contributed by atoms with Gasteiger partial charge >= 0.3 is 0 Å². The predicted octanol–water partition coefficient (Wildman–Crippen LogP) is 3.80. The molecule has 0 saturated carbocycles. The van der Waals surface area contributed by atoms with Gasteiger partial charge in [-0.1, -0.05) is 40.5 Å². The molecule has 0 saturated heterocycles. The summed E-state index contributed by atoms with van der Waals surface area (Å²) >= 11 is 3.33. The van der Waals surface area contributed by atoms with Gasteiger partial charge in [-0.15, -0.1) is 10.2 Å². The molecule has 154 valence electrons. The molecular weight excluding hydrogens is 446 g/mol. The maximum atomic E-state index is 12.3. The van der Waals surface area contributed by atoms with E-state index in [2.05, 4.69) is 41.3 Å². The fourth-order valence-electron chi connectivity index (χ4n) is 3.53. The topological polar surface area (TPSA) is 88.9 Å². The summed E-state index contributed by atoms with van der Waals surface area (Å²) in [6, 6.07) is 14.6. The lowest BCUT2D eigenvalue weighted by molar-refractivity contribution is -0.115. The minimum Gasteiger partial charge on any atom is -0.343 e. The number of halogens is 1. The average molecular weight is 468 g/mol. The van der Waals surface area contributed by atoms with E-state index in [0.29, 0.717) is 11.3 Å².